The zero-order chi connectivity index (χ0) is 17.4. The fourth-order valence-electron chi connectivity index (χ4n) is 2.88. The summed E-state index contributed by atoms with van der Waals surface area (Å²) >= 11 is 0. The summed E-state index contributed by atoms with van der Waals surface area (Å²) in [5.74, 6) is 0.350. The summed E-state index contributed by atoms with van der Waals surface area (Å²) in [6.07, 6.45) is 3.98. The number of hydrogen-bond acceptors (Lipinski definition) is 5. The van der Waals surface area contributed by atoms with Crippen LogP contribution in [-0.2, 0) is 11.3 Å². The van der Waals surface area contributed by atoms with Crippen LogP contribution in [0, 0.1) is 0 Å². The average Bonchev–Trinajstić information content (AvgIpc) is 3.29. The van der Waals surface area contributed by atoms with Gasteiger partial charge < -0.3 is 11.1 Å². The summed E-state index contributed by atoms with van der Waals surface area (Å²) in [6, 6.07) is 7.89. The largest absolute Gasteiger partial charge is 0.382 e. The van der Waals surface area contributed by atoms with Crippen molar-refractivity contribution in [1.29, 1.82) is 0 Å². The summed E-state index contributed by atoms with van der Waals surface area (Å²) in [7, 11) is 1.62. The Balaban J connectivity index is 1.80. The molecule has 3 heterocycles. The topological polar surface area (TPSA) is 115 Å². The molecule has 0 aliphatic heterocycles. The number of amides is 1. The molecule has 0 aliphatic carbocycles. The normalized spacial score (nSPS) is 11.2. The van der Waals surface area contributed by atoms with Gasteiger partial charge >= 0.3 is 0 Å². The van der Waals surface area contributed by atoms with E-state index in [1.54, 1.807) is 17.9 Å². The SMILES string of the molecule is CNC(=O)CCn1cc2c(n1)c(N)nc1cc(-c3ccn[nH]3)ccc12. The second-order valence-electron chi connectivity index (χ2n) is 5.78. The number of hydrogen-bond donors (Lipinski definition) is 3. The highest BCUT2D eigenvalue weighted by Crippen LogP contribution is 2.29. The highest BCUT2D eigenvalue weighted by atomic mass is 16.1. The minimum absolute atomic E-state index is 0.0280. The molecule has 0 aliphatic rings. The molecule has 126 valence electrons. The van der Waals surface area contributed by atoms with E-state index in [0.717, 1.165) is 27.5 Å². The van der Waals surface area contributed by atoms with Gasteiger partial charge in [0, 0.05) is 48.7 Å². The van der Waals surface area contributed by atoms with Gasteiger partial charge in [-0.3, -0.25) is 14.6 Å². The van der Waals surface area contributed by atoms with Crippen LogP contribution in [-0.4, -0.2) is 37.9 Å². The molecule has 8 heteroatoms. The van der Waals surface area contributed by atoms with Gasteiger partial charge in [0.05, 0.1) is 11.2 Å². The van der Waals surface area contributed by atoms with Crippen LogP contribution in [0.4, 0.5) is 5.82 Å². The van der Waals surface area contributed by atoms with Gasteiger partial charge in [0.2, 0.25) is 5.91 Å². The maximum atomic E-state index is 11.4. The van der Waals surface area contributed by atoms with Gasteiger partial charge in [-0.05, 0) is 12.1 Å². The van der Waals surface area contributed by atoms with Crippen LogP contribution in [0.1, 0.15) is 6.42 Å². The minimum Gasteiger partial charge on any atom is -0.382 e. The Morgan fingerprint density at radius 3 is 2.96 bits per heavy atom. The number of H-pyrrole nitrogens is 1. The van der Waals surface area contributed by atoms with Gasteiger partial charge in [0.1, 0.15) is 5.52 Å². The lowest BCUT2D eigenvalue weighted by molar-refractivity contribution is -0.120. The van der Waals surface area contributed by atoms with Gasteiger partial charge in [0.25, 0.3) is 0 Å². The third-order valence-electron chi connectivity index (χ3n) is 4.19. The molecule has 1 amide bonds. The number of nitrogen functional groups attached to an aromatic ring is 1. The fraction of sp³-hybridized carbons (Fsp3) is 0.176. The number of carbonyl (C=O) groups excluding carboxylic acids is 1. The van der Waals surface area contributed by atoms with E-state index in [1.807, 2.05) is 30.5 Å². The number of aryl methyl sites for hydroxylation is 1. The number of carbonyl (C=O) groups is 1. The zero-order valence-corrected chi connectivity index (χ0v) is 13.7. The Kier molecular flexibility index (Phi) is 3.57. The summed E-state index contributed by atoms with van der Waals surface area (Å²) in [4.78, 5) is 15.9. The molecular formula is C17H17N7O. The van der Waals surface area contributed by atoms with Gasteiger partial charge in [-0.2, -0.15) is 10.2 Å². The van der Waals surface area contributed by atoms with Crippen LogP contribution in [0.5, 0.6) is 0 Å². The van der Waals surface area contributed by atoms with Crippen molar-refractivity contribution in [2.75, 3.05) is 12.8 Å². The van der Waals surface area contributed by atoms with Crippen molar-refractivity contribution in [3.63, 3.8) is 0 Å². The molecule has 0 atom stereocenters. The van der Waals surface area contributed by atoms with E-state index in [4.69, 9.17) is 5.73 Å². The fourth-order valence-corrected chi connectivity index (χ4v) is 2.88. The number of rotatable bonds is 4. The summed E-state index contributed by atoms with van der Waals surface area (Å²) in [5.41, 5.74) is 9.46. The Morgan fingerprint density at radius 2 is 2.20 bits per heavy atom. The predicted octanol–water partition coefficient (Wildman–Crippen LogP) is 1.69. The lowest BCUT2D eigenvalue weighted by Crippen LogP contribution is -2.19. The van der Waals surface area contributed by atoms with E-state index in [9.17, 15) is 4.79 Å². The van der Waals surface area contributed by atoms with Gasteiger partial charge in [-0.1, -0.05) is 12.1 Å². The second kappa shape index (κ2) is 5.90. The number of benzene rings is 1. The van der Waals surface area contributed by atoms with E-state index in [1.165, 1.54) is 0 Å². The zero-order valence-electron chi connectivity index (χ0n) is 13.7. The summed E-state index contributed by atoms with van der Waals surface area (Å²) in [5, 5.41) is 15.9. The molecule has 8 nitrogen and oxygen atoms in total. The highest BCUT2D eigenvalue weighted by molar-refractivity contribution is 6.08. The van der Waals surface area contributed by atoms with E-state index >= 15 is 0 Å². The lowest BCUT2D eigenvalue weighted by Gasteiger charge is -2.03. The third kappa shape index (κ3) is 2.67. The molecule has 0 radical (unpaired) electrons. The Bertz CT molecular complexity index is 1070. The van der Waals surface area contributed by atoms with Crippen molar-refractivity contribution < 1.29 is 4.79 Å². The van der Waals surface area contributed by atoms with Crippen molar-refractivity contribution in [3.8, 4) is 11.3 Å². The molecule has 3 aromatic heterocycles. The first kappa shape index (κ1) is 15.1. The molecular weight excluding hydrogens is 318 g/mol. The number of nitrogens with one attached hydrogen (secondary N) is 2. The van der Waals surface area contributed by atoms with Crippen molar-refractivity contribution in [3.05, 3.63) is 36.7 Å². The van der Waals surface area contributed by atoms with Gasteiger partial charge in [0.15, 0.2) is 5.82 Å². The van der Waals surface area contributed by atoms with E-state index in [0.29, 0.717) is 24.3 Å². The third-order valence-corrected chi connectivity index (χ3v) is 4.19. The summed E-state index contributed by atoms with van der Waals surface area (Å²) < 4.78 is 1.74. The number of nitrogens with two attached hydrogens (primary N) is 1. The number of nitrogens with zero attached hydrogens (tertiary/aromatic N) is 4. The van der Waals surface area contributed by atoms with Crippen LogP contribution >= 0.6 is 0 Å². The molecule has 0 spiro atoms. The molecule has 4 N–H and O–H groups in total. The lowest BCUT2D eigenvalue weighted by atomic mass is 10.1. The first-order valence-electron chi connectivity index (χ1n) is 7.92. The molecule has 1 aromatic carbocycles. The summed E-state index contributed by atoms with van der Waals surface area (Å²) in [6.45, 7) is 0.488. The molecule has 0 saturated carbocycles. The van der Waals surface area contributed by atoms with Crippen molar-refractivity contribution in [1.82, 2.24) is 30.3 Å². The molecule has 0 bridgehead atoms. The van der Waals surface area contributed by atoms with Crippen molar-refractivity contribution >= 4 is 33.5 Å². The molecule has 25 heavy (non-hydrogen) atoms. The quantitative estimate of drug-likeness (QED) is 0.525. The minimum atomic E-state index is -0.0280. The molecule has 0 unspecified atom stereocenters. The van der Waals surface area contributed by atoms with Crippen molar-refractivity contribution in [2.24, 2.45) is 0 Å². The second-order valence-corrected chi connectivity index (χ2v) is 5.78. The standard InChI is InChI=1S/C17H17N7O/c1-19-15(25)5-7-24-9-12-11-3-2-10(13-4-6-20-22-13)8-14(11)21-17(18)16(12)23-24/h2-4,6,8-9H,5,7H2,1H3,(H2,18,21)(H,19,25)(H,20,22). The van der Waals surface area contributed by atoms with Crippen LogP contribution in [0.3, 0.4) is 0 Å². The van der Waals surface area contributed by atoms with Crippen LogP contribution in [0.25, 0.3) is 33.1 Å². The first-order chi connectivity index (χ1) is 12.2. The van der Waals surface area contributed by atoms with Crippen LogP contribution in [0.15, 0.2) is 36.7 Å². The number of fused-ring (bicyclic) bond motifs is 3. The van der Waals surface area contributed by atoms with Crippen LogP contribution < -0.4 is 11.1 Å². The van der Waals surface area contributed by atoms with Crippen molar-refractivity contribution in [2.45, 2.75) is 13.0 Å². The van der Waals surface area contributed by atoms with E-state index in [2.05, 4.69) is 25.6 Å². The monoisotopic (exact) mass is 335 g/mol. The molecule has 4 aromatic rings. The van der Waals surface area contributed by atoms with Gasteiger partial charge in [-0.15, -0.1) is 0 Å². The highest BCUT2D eigenvalue weighted by Gasteiger charge is 2.12. The Labute approximate surface area is 143 Å². The maximum Gasteiger partial charge on any atom is 0.221 e. The first-order valence-corrected chi connectivity index (χ1v) is 7.92. The van der Waals surface area contributed by atoms with Gasteiger partial charge in [-0.25, -0.2) is 4.98 Å². The predicted molar refractivity (Wildman–Crippen MR) is 95.7 cm³/mol. The van der Waals surface area contributed by atoms with E-state index in [-0.39, 0.29) is 5.91 Å². The number of aromatic nitrogens is 5. The van der Waals surface area contributed by atoms with Crippen LogP contribution in [0.2, 0.25) is 0 Å². The Morgan fingerprint density at radius 1 is 1.32 bits per heavy atom. The maximum absolute atomic E-state index is 11.4. The Hall–Kier alpha value is -3.42. The number of anilines is 1. The number of pyridine rings is 1. The average molecular weight is 335 g/mol. The van der Waals surface area contributed by atoms with E-state index < -0.39 is 0 Å². The molecule has 4 rings (SSSR count). The molecule has 0 saturated heterocycles. The smallest absolute Gasteiger partial charge is 0.221 e. The number of aromatic amines is 1. The molecule has 0 fully saturated rings.